The first-order chi connectivity index (χ1) is 14.7. The van der Waals surface area contributed by atoms with E-state index < -0.39 is 5.60 Å². The van der Waals surface area contributed by atoms with Gasteiger partial charge in [0.25, 0.3) is 0 Å². The molecule has 4 fully saturated rings. The van der Waals surface area contributed by atoms with Gasteiger partial charge in [0.05, 0.1) is 5.60 Å². The number of aryl methyl sites for hydroxylation is 1. The predicted molar refractivity (Wildman–Crippen MR) is 124 cm³/mol. The minimum atomic E-state index is -0.740. The molecule has 0 aromatic heterocycles. The van der Waals surface area contributed by atoms with Crippen LogP contribution in [0.2, 0.25) is 0 Å². The normalized spacial score (nSPS) is 28.5. The molecule has 162 valence electrons. The van der Waals surface area contributed by atoms with E-state index in [9.17, 15) is 5.11 Å². The Morgan fingerprint density at radius 2 is 1.63 bits per heavy atom. The molecule has 2 aromatic rings. The molecular weight excluding hydrogens is 368 g/mol. The van der Waals surface area contributed by atoms with Gasteiger partial charge in [0.2, 0.25) is 0 Å². The Labute approximate surface area is 183 Å². The second-order valence-corrected chi connectivity index (χ2v) is 9.84. The molecular formula is C27H38N2O. The van der Waals surface area contributed by atoms with Crippen molar-refractivity contribution in [2.45, 2.75) is 50.7 Å². The van der Waals surface area contributed by atoms with E-state index in [0.29, 0.717) is 11.8 Å². The predicted octanol–water partition coefficient (Wildman–Crippen LogP) is 4.69. The van der Waals surface area contributed by atoms with Crippen LogP contribution in [0.3, 0.4) is 0 Å². The fraction of sp³-hybridized carbons (Fsp3) is 0.556. The van der Waals surface area contributed by atoms with Crippen LogP contribution < -0.4 is 0 Å². The van der Waals surface area contributed by atoms with E-state index in [2.05, 4.69) is 64.4 Å². The molecule has 0 saturated carbocycles. The minimum absolute atomic E-state index is 0. The van der Waals surface area contributed by atoms with Gasteiger partial charge >= 0.3 is 0 Å². The van der Waals surface area contributed by atoms with Crippen LogP contribution in [-0.2, 0) is 18.6 Å². The fourth-order valence-electron chi connectivity index (χ4n) is 6.19. The zero-order chi connectivity index (χ0) is 20.4. The molecule has 1 N–H and O–H groups in total. The molecule has 6 rings (SSSR count). The summed E-state index contributed by atoms with van der Waals surface area (Å²) in [5.74, 6) is 0.997. The molecule has 2 atom stereocenters. The van der Waals surface area contributed by atoms with E-state index in [4.69, 9.17) is 0 Å². The first kappa shape index (κ1) is 20.2. The highest BCUT2D eigenvalue weighted by Crippen LogP contribution is 2.45. The maximum absolute atomic E-state index is 12.2. The summed E-state index contributed by atoms with van der Waals surface area (Å²) in [5, 5.41) is 12.2. The van der Waals surface area contributed by atoms with E-state index >= 15 is 0 Å². The average molecular weight is 407 g/mol. The van der Waals surface area contributed by atoms with Gasteiger partial charge in [0.15, 0.2) is 0 Å². The Morgan fingerprint density at radius 1 is 0.900 bits per heavy atom. The number of piperidine rings is 3. The van der Waals surface area contributed by atoms with E-state index in [1.165, 1.54) is 63.0 Å². The van der Waals surface area contributed by atoms with Crippen LogP contribution in [0.15, 0.2) is 54.6 Å². The third-order valence-corrected chi connectivity index (χ3v) is 7.93. The molecule has 3 heteroatoms. The van der Waals surface area contributed by atoms with Crippen molar-refractivity contribution in [2.24, 2.45) is 11.8 Å². The standard InChI is InChI=1S/C27H36N2O.H2/c30-27(25-9-2-1-3-10-25,26-21-29-17-12-24(26)13-18-29)14-11-22-7-6-8-23(19-22)20-28-15-4-5-16-28;/h1-3,6-10,19,24,26,30H,4-5,11-18,20-21H2;1H. The molecule has 30 heavy (non-hydrogen) atoms. The number of likely N-dealkylation sites (tertiary alicyclic amines) is 1. The van der Waals surface area contributed by atoms with Crippen molar-refractivity contribution < 1.29 is 6.53 Å². The molecule has 0 radical (unpaired) electrons. The largest absolute Gasteiger partial charge is 0.385 e. The third-order valence-electron chi connectivity index (χ3n) is 7.93. The Kier molecular flexibility index (Phi) is 5.95. The van der Waals surface area contributed by atoms with Crippen molar-refractivity contribution >= 4 is 0 Å². The molecule has 2 unspecified atom stereocenters. The van der Waals surface area contributed by atoms with Crippen molar-refractivity contribution in [2.75, 3.05) is 32.7 Å². The van der Waals surface area contributed by atoms with Gasteiger partial charge in [-0.25, -0.2) is 0 Å². The summed E-state index contributed by atoms with van der Waals surface area (Å²) in [4.78, 5) is 5.13. The van der Waals surface area contributed by atoms with Gasteiger partial charge in [-0.15, -0.1) is 0 Å². The van der Waals surface area contributed by atoms with Gasteiger partial charge in [-0.05, 0) is 87.3 Å². The van der Waals surface area contributed by atoms with Gasteiger partial charge < -0.3 is 10.0 Å². The third kappa shape index (κ3) is 4.21. The number of nitrogens with zero attached hydrogens (tertiary/aromatic N) is 2. The number of hydrogen-bond donors (Lipinski definition) is 1. The zero-order valence-corrected chi connectivity index (χ0v) is 18.2. The molecule has 0 amide bonds. The molecule has 4 heterocycles. The molecule has 4 aliphatic heterocycles. The first-order valence-corrected chi connectivity index (χ1v) is 12.0. The van der Waals surface area contributed by atoms with Crippen molar-refractivity contribution in [3.8, 4) is 0 Å². The van der Waals surface area contributed by atoms with E-state index in [1.807, 2.05) is 0 Å². The van der Waals surface area contributed by atoms with Crippen LogP contribution in [-0.4, -0.2) is 47.6 Å². The van der Waals surface area contributed by atoms with Crippen LogP contribution >= 0.6 is 0 Å². The quantitative estimate of drug-likeness (QED) is 0.723. The number of aliphatic hydroxyl groups is 1. The second-order valence-electron chi connectivity index (χ2n) is 9.84. The number of fused-ring (bicyclic) bond motifs is 3. The summed E-state index contributed by atoms with van der Waals surface area (Å²) in [5.41, 5.74) is 3.15. The van der Waals surface area contributed by atoms with Crippen molar-refractivity contribution in [1.82, 2.24) is 9.80 Å². The van der Waals surface area contributed by atoms with Crippen LogP contribution in [0.4, 0.5) is 0 Å². The Bertz CT molecular complexity index is 830. The van der Waals surface area contributed by atoms with Crippen LogP contribution in [0, 0.1) is 11.8 Å². The molecule has 4 saturated heterocycles. The number of rotatable bonds is 7. The summed E-state index contributed by atoms with van der Waals surface area (Å²) in [6.07, 6.45) is 6.89. The summed E-state index contributed by atoms with van der Waals surface area (Å²) >= 11 is 0. The lowest BCUT2D eigenvalue weighted by atomic mass is 9.66. The topological polar surface area (TPSA) is 26.7 Å². The molecule has 4 aliphatic rings. The van der Waals surface area contributed by atoms with E-state index in [1.54, 1.807) is 0 Å². The fourth-order valence-corrected chi connectivity index (χ4v) is 6.19. The van der Waals surface area contributed by atoms with Gasteiger partial charge in [0, 0.05) is 20.4 Å². The smallest absolute Gasteiger partial charge is 0.0942 e. The molecule has 3 nitrogen and oxygen atoms in total. The lowest BCUT2D eigenvalue weighted by Gasteiger charge is -2.51. The highest BCUT2D eigenvalue weighted by Gasteiger charge is 2.47. The van der Waals surface area contributed by atoms with Gasteiger partial charge in [-0.3, -0.25) is 4.90 Å². The van der Waals surface area contributed by atoms with Gasteiger partial charge in [-0.1, -0.05) is 54.6 Å². The Balaban J connectivity index is 0.00000231. The number of benzene rings is 2. The van der Waals surface area contributed by atoms with Gasteiger partial charge in [-0.2, -0.15) is 0 Å². The maximum atomic E-state index is 12.2. The monoisotopic (exact) mass is 406 g/mol. The SMILES string of the molecule is OC(CCc1cccc(CN2CCCC2)c1)(c1ccccc1)C1CN2CCC1CC2.[HH]. The minimum Gasteiger partial charge on any atom is -0.385 e. The zero-order valence-electron chi connectivity index (χ0n) is 18.2. The van der Waals surface area contributed by atoms with Crippen LogP contribution in [0.1, 0.15) is 50.2 Å². The summed E-state index contributed by atoms with van der Waals surface area (Å²) < 4.78 is 0. The lowest BCUT2D eigenvalue weighted by molar-refractivity contribution is -0.106. The van der Waals surface area contributed by atoms with Crippen molar-refractivity contribution in [1.29, 1.82) is 0 Å². The summed E-state index contributed by atoms with van der Waals surface area (Å²) in [6.45, 7) is 7.01. The second kappa shape index (κ2) is 8.82. The van der Waals surface area contributed by atoms with E-state index in [-0.39, 0.29) is 1.43 Å². The van der Waals surface area contributed by atoms with Crippen molar-refractivity contribution in [3.63, 3.8) is 0 Å². The first-order valence-electron chi connectivity index (χ1n) is 12.0. The van der Waals surface area contributed by atoms with E-state index in [0.717, 1.165) is 31.5 Å². The lowest BCUT2D eigenvalue weighted by Crippen LogP contribution is -2.55. The number of hydrogen-bond acceptors (Lipinski definition) is 3. The summed E-state index contributed by atoms with van der Waals surface area (Å²) in [6, 6.07) is 19.6. The molecule has 2 bridgehead atoms. The maximum Gasteiger partial charge on any atom is 0.0942 e. The molecule has 2 aromatic carbocycles. The Morgan fingerprint density at radius 3 is 2.33 bits per heavy atom. The molecule has 0 spiro atoms. The van der Waals surface area contributed by atoms with Crippen LogP contribution in [0.5, 0.6) is 0 Å². The van der Waals surface area contributed by atoms with Gasteiger partial charge in [0.1, 0.15) is 0 Å². The Hall–Kier alpha value is -1.68. The summed E-state index contributed by atoms with van der Waals surface area (Å²) in [7, 11) is 0. The van der Waals surface area contributed by atoms with Crippen LogP contribution in [0.25, 0.3) is 0 Å². The highest BCUT2D eigenvalue weighted by molar-refractivity contribution is 5.27. The average Bonchev–Trinajstić information content (AvgIpc) is 3.32. The molecule has 0 aliphatic carbocycles. The highest BCUT2D eigenvalue weighted by atomic mass is 16.3. The van der Waals surface area contributed by atoms with Crippen molar-refractivity contribution in [3.05, 3.63) is 71.3 Å².